The second-order valence-electron chi connectivity index (χ2n) is 5.12. The summed E-state index contributed by atoms with van der Waals surface area (Å²) >= 11 is 0. The van der Waals surface area contributed by atoms with E-state index in [9.17, 15) is 9.59 Å². The predicted molar refractivity (Wildman–Crippen MR) is 75.8 cm³/mol. The highest BCUT2D eigenvalue weighted by molar-refractivity contribution is 5.81. The Morgan fingerprint density at radius 1 is 1.16 bits per heavy atom. The largest absolute Gasteiger partial charge is 0.356 e. The lowest BCUT2D eigenvalue weighted by molar-refractivity contribution is -0.133. The van der Waals surface area contributed by atoms with E-state index in [2.05, 4.69) is 10.6 Å². The van der Waals surface area contributed by atoms with Gasteiger partial charge in [0.2, 0.25) is 11.8 Å². The molecule has 1 aliphatic heterocycles. The fourth-order valence-corrected chi connectivity index (χ4v) is 2.34. The number of likely N-dealkylation sites (tertiary alicyclic amines) is 1. The Balaban J connectivity index is 2.25. The van der Waals surface area contributed by atoms with Gasteiger partial charge in [-0.3, -0.25) is 9.59 Å². The van der Waals surface area contributed by atoms with Crippen molar-refractivity contribution in [3.05, 3.63) is 0 Å². The van der Waals surface area contributed by atoms with Crippen LogP contribution in [0.2, 0.25) is 0 Å². The van der Waals surface area contributed by atoms with Crippen molar-refractivity contribution in [1.29, 1.82) is 0 Å². The Kier molecular flexibility index (Phi) is 7.48. The van der Waals surface area contributed by atoms with Crippen LogP contribution in [0.15, 0.2) is 0 Å². The van der Waals surface area contributed by atoms with E-state index in [4.69, 9.17) is 0 Å². The normalized spacial score (nSPS) is 17.7. The van der Waals surface area contributed by atoms with E-state index in [1.54, 1.807) is 0 Å². The zero-order chi connectivity index (χ0) is 14.1. The molecule has 1 rings (SSSR count). The molecular formula is C14H27N3O2. The molecule has 5 nitrogen and oxygen atoms in total. The molecule has 1 unspecified atom stereocenters. The lowest BCUT2D eigenvalue weighted by Gasteiger charge is -2.24. The molecule has 1 atom stereocenters. The standard InChI is InChI=1S/C14H27N3O2/c1-3-15-13(18)8-9-16-12(2)14(19)17-10-6-4-5-7-11-17/h12,16H,3-11H2,1-2H3,(H,15,18). The van der Waals surface area contributed by atoms with Gasteiger partial charge >= 0.3 is 0 Å². The molecule has 1 aliphatic rings. The molecule has 0 aromatic carbocycles. The summed E-state index contributed by atoms with van der Waals surface area (Å²) in [7, 11) is 0. The average molecular weight is 269 g/mol. The maximum Gasteiger partial charge on any atom is 0.239 e. The zero-order valence-electron chi connectivity index (χ0n) is 12.2. The second kappa shape index (κ2) is 8.91. The topological polar surface area (TPSA) is 61.4 Å². The number of hydrogen-bond acceptors (Lipinski definition) is 3. The van der Waals surface area contributed by atoms with Crippen LogP contribution in [-0.4, -0.2) is 48.9 Å². The van der Waals surface area contributed by atoms with E-state index in [1.165, 1.54) is 12.8 Å². The Bertz CT molecular complexity index is 286. The quantitative estimate of drug-likeness (QED) is 0.753. The third kappa shape index (κ3) is 6.05. The van der Waals surface area contributed by atoms with E-state index in [0.717, 1.165) is 25.9 Å². The molecule has 0 aliphatic carbocycles. The zero-order valence-corrected chi connectivity index (χ0v) is 12.2. The molecule has 110 valence electrons. The second-order valence-corrected chi connectivity index (χ2v) is 5.12. The highest BCUT2D eigenvalue weighted by Gasteiger charge is 2.20. The first-order valence-corrected chi connectivity index (χ1v) is 7.44. The SMILES string of the molecule is CCNC(=O)CCNC(C)C(=O)N1CCCCCC1. The van der Waals surface area contributed by atoms with E-state index >= 15 is 0 Å². The van der Waals surface area contributed by atoms with Crippen LogP contribution >= 0.6 is 0 Å². The summed E-state index contributed by atoms with van der Waals surface area (Å²) < 4.78 is 0. The van der Waals surface area contributed by atoms with Crippen LogP contribution in [0, 0.1) is 0 Å². The summed E-state index contributed by atoms with van der Waals surface area (Å²) in [6.45, 7) is 6.73. The Morgan fingerprint density at radius 3 is 2.37 bits per heavy atom. The van der Waals surface area contributed by atoms with E-state index in [1.807, 2.05) is 18.7 Å². The summed E-state index contributed by atoms with van der Waals surface area (Å²) in [5, 5.41) is 5.88. The van der Waals surface area contributed by atoms with Crippen molar-refractivity contribution in [3.63, 3.8) is 0 Å². The maximum atomic E-state index is 12.2. The van der Waals surface area contributed by atoms with Gasteiger partial charge in [0.25, 0.3) is 0 Å². The highest BCUT2D eigenvalue weighted by atomic mass is 16.2. The van der Waals surface area contributed by atoms with Crippen molar-refractivity contribution in [1.82, 2.24) is 15.5 Å². The third-order valence-electron chi connectivity index (χ3n) is 3.46. The monoisotopic (exact) mass is 269 g/mol. The lowest BCUT2D eigenvalue weighted by Crippen LogP contribution is -2.46. The number of amides is 2. The van der Waals surface area contributed by atoms with Crippen molar-refractivity contribution < 1.29 is 9.59 Å². The maximum absolute atomic E-state index is 12.2. The van der Waals surface area contributed by atoms with Gasteiger partial charge in [0.1, 0.15) is 0 Å². The van der Waals surface area contributed by atoms with Crippen LogP contribution in [0.1, 0.15) is 46.0 Å². The van der Waals surface area contributed by atoms with Crippen molar-refractivity contribution in [2.75, 3.05) is 26.2 Å². The Morgan fingerprint density at radius 2 is 1.79 bits per heavy atom. The van der Waals surface area contributed by atoms with Gasteiger partial charge in [0.05, 0.1) is 6.04 Å². The smallest absolute Gasteiger partial charge is 0.239 e. The van der Waals surface area contributed by atoms with Crippen LogP contribution in [0.25, 0.3) is 0 Å². The van der Waals surface area contributed by atoms with Gasteiger partial charge < -0.3 is 15.5 Å². The summed E-state index contributed by atoms with van der Waals surface area (Å²) in [5.74, 6) is 0.197. The first kappa shape index (κ1) is 16.0. The van der Waals surface area contributed by atoms with Crippen molar-refractivity contribution >= 4 is 11.8 Å². The van der Waals surface area contributed by atoms with Crippen molar-refractivity contribution in [2.45, 2.75) is 52.0 Å². The lowest BCUT2D eigenvalue weighted by atomic mass is 10.2. The minimum Gasteiger partial charge on any atom is -0.356 e. The molecule has 1 saturated heterocycles. The number of carbonyl (C=O) groups is 2. The summed E-state index contributed by atoms with van der Waals surface area (Å²) in [5.41, 5.74) is 0. The molecule has 0 radical (unpaired) electrons. The molecule has 1 fully saturated rings. The van der Waals surface area contributed by atoms with Crippen LogP contribution in [0.5, 0.6) is 0 Å². The van der Waals surface area contributed by atoms with E-state index < -0.39 is 0 Å². The van der Waals surface area contributed by atoms with Crippen LogP contribution < -0.4 is 10.6 Å². The van der Waals surface area contributed by atoms with Gasteiger partial charge in [0, 0.05) is 32.6 Å². The average Bonchev–Trinajstić information content (AvgIpc) is 2.66. The van der Waals surface area contributed by atoms with Crippen LogP contribution in [0.4, 0.5) is 0 Å². The van der Waals surface area contributed by atoms with Gasteiger partial charge in [-0.05, 0) is 26.7 Å². The molecular weight excluding hydrogens is 242 g/mol. The van der Waals surface area contributed by atoms with Gasteiger partial charge in [-0.25, -0.2) is 0 Å². The third-order valence-corrected chi connectivity index (χ3v) is 3.46. The molecule has 0 aromatic rings. The minimum absolute atomic E-state index is 0.0319. The van der Waals surface area contributed by atoms with Gasteiger partial charge in [-0.15, -0.1) is 0 Å². The molecule has 2 amide bonds. The summed E-state index contributed by atoms with van der Waals surface area (Å²) in [6.07, 6.45) is 5.09. The van der Waals surface area contributed by atoms with Gasteiger partial charge in [-0.1, -0.05) is 12.8 Å². The molecule has 0 spiro atoms. The number of nitrogens with one attached hydrogen (secondary N) is 2. The molecule has 2 N–H and O–H groups in total. The number of carbonyl (C=O) groups excluding carboxylic acids is 2. The first-order valence-electron chi connectivity index (χ1n) is 7.44. The molecule has 19 heavy (non-hydrogen) atoms. The highest BCUT2D eigenvalue weighted by Crippen LogP contribution is 2.10. The van der Waals surface area contributed by atoms with E-state index in [-0.39, 0.29) is 17.9 Å². The van der Waals surface area contributed by atoms with Crippen molar-refractivity contribution in [2.24, 2.45) is 0 Å². The molecule has 0 bridgehead atoms. The first-order chi connectivity index (χ1) is 9.15. The minimum atomic E-state index is -0.201. The van der Waals surface area contributed by atoms with Gasteiger partial charge in [-0.2, -0.15) is 0 Å². The summed E-state index contributed by atoms with van der Waals surface area (Å²) in [4.78, 5) is 25.5. The number of rotatable bonds is 6. The fourth-order valence-electron chi connectivity index (χ4n) is 2.34. The number of nitrogens with zero attached hydrogens (tertiary/aromatic N) is 1. The van der Waals surface area contributed by atoms with E-state index in [0.29, 0.717) is 19.5 Å². The number of hydrogen-bond donors (Lipinski definition) is 2. The predicted octanol–water partition coefficient (Wildman–Crippen LogP) is 0.893. The fraction of sp³-hybridized carbons (Fsp3) is 0.857. The van der Waals surface area contributed by atoms with Crippen molar-refractivity contribution in [3.8, 4) is 0 Å². The van der Waals surface area contributed by atoms with Crippen LogP contribution in [-0.2, 0) is 9.59 Å². The Hall–Kier alpha value is -1.10. The molecule has 0 saturated carbocycles. The molecule has 5 heteroatoms. The molecule has 1 heterocycles. The molecule has 0 aromatic heterocycles. The van der Waals surface area contributed by atoms with Gasteiger partial charge in [0.15, 0.2) is 0 Å². The van der Waals surface area contributed by atoms with Crippen LogP contribution in [0.3, 0.4) is 0 Å². The Labute approximate surface area is 116 Å². The summed E-state index contributed by atoms with van der Waals surface area (Å²) in [6, 6.07) is -0.201.